The lowest BCUT2D eigenvalue weighted by Crippen LogP contribution is -2.82. The Labute approximate surface area is 158 Å². The largest absolute Gasteiger partial charge is 0.497 e. The molecular formula is C21H24NO5+. The third-order valence-electron chi connectivity index (χ3n) is 5.35. The minimum Gasteiger partial charge on any atom is -0.497 e. The molecule has 2 aliphatic rings. The number of quaternary nitrogens is 1. The number of nitrogens with two attached hydrogens (primary N) is 1. The van der Waals surface area contributed by atoms with Crippen molar-refractivity contribution in [2.75, 3.05) is 27.1 Å². The van der Waals surface area contributed by atoms with Crippen LogP contribution >= 0.6 is 0 Å². The Balaban J connectivity index is 1.66. The van der Waals surface area contributed by atoms with E-state index in [2.05, 4.69) is 5.32 Å². The molecule has 0 aromatic heterocycles. The minimum atomic E-state index is -0.265. The molecule has 2 aromatic rings. The second-order valence-corrected chi connectivity index (χ2v) is 6.77. The molecule has 0 radical (unpaired) electrons. The Morgan fingerprint density at radius 2 is 1.85 bits per heavy atom. The Bertz CT molecular complexity index is 820. The van der Waals surface area contributed by atoms with Crippen LogP contribution in [0.3, 0.4) is 0 Å². The normalized spacial score (nSPS) is 23.3. The lowest BCUT2D eigenvalue weighted by atomic mass is 9.83. The summed E-state index contributed by atoms with van der Waals surface area (Å²) in [6.45, 7) is 3.26. The molecule has 142 valence electrons. The molecule has 0 aliphatic carbocycles. The number of esters is 1. The Kier molecular flexibility index (Phi) is 4.90. The van der Waals surface area contributed by atoms with Crippen LogP contribution in [0, 0.1) is 5.92 Å². The fraction of sp³-hybridized carbons (Fsp3) is 0.381. The van der Waals surface area contributed by atoms with Gasteiger partial charge in [0.2, 0.25) is 6.79 Å². The fourth-order valence-electron chi connectivity index (χ4n) is 4.04. The van der Waals surface area contributed by atoms with E-state index in [1.54, 1.807) is 7.11 Å². The molecule has 2 N–H and O–H groups in total. The van der Waals surface area contributed by atoms with Gasteiger partial charge >= 0.3 is 5.97 Å². The van der Waals surface area contributed by atoms with Crippen molar-refractivity contribution in [1.29, 1.82) is 0 Å². The van der Waals surface area contributed by atoms with Gasteiger partial charge in [0, 0.05) is 5.56 Å². The smallest absolute Gasteiger partial charge is 0.316 e. The summed E-state index contributed by atoms with van der Waals surface area (Å²) < 4.78 is 21.6. The Morgan fingerprint density at radius 1 is 1.11 bits per heavy atom. The predicted molar refractivity (Wildman–Crippen MR) is 98.0 cm³/mol. The lowest BCUT2D eigenvalue weighted by Gasteiger charge is -2.20. The van der Waals surface area contributed by atoms with Crippen molar-refractivity contribution in [3.8, 4) is 17.2 Å². The molecule has 1 fully saturated rings. The van der Waals surface area contributed by atoms with Gasteiger partial charge in [-0.3, -0.25) is 4.79 Å². The standard InChI is InChI=1S/C21H23NO5/c1-3-25-21(23)19-16(14-6-9-17-18(10-14)27-12-26-17)11-22-20(19)13-4-7-15(24-2)8-5-13/h4-10,16,19-20,22H,3,11-12H2,1-2H3/p+1/t16-,19-,20-/m0/s1. The van der Waals surface area contributed by atoms with Gasteiger partial charge in [-0.05, 0) is 48.9 Å². The fourth-order valence-corrected chi connectivity index (χ4v) is 4.04. The first-order valence-corrected chi connectivity index (χ1v) is 9.24. The van der Waals surface area contributed by atoms with Crippen molar-refractivity contribution in [2.24, 2.45) is 5.92 Å². The third kappa shape index (κ3) is 3.32. The molecule has 0 bridgehead atoms. The number of methoxy groups -OCH3 is 1. The summed E-state index contributed by atoms with van der Waals surface area (Å²) in [7, 11) is 1.65. The van der Waals surface area contributed by atoms with Crippen LogP contribution in [-0.2, 0) is 9.53 Å². The number of hydrogen-bond acceptors (Lipinski definition) is 5. The van der Waals surface area contributed by atoms with Gasteiger partial charge in [-0.2, -0.15) is 0 Å². The van der Waals surface area contributed by atoms with Gasteiger partial charge in [-0.15, -0.1) is 0 Å². The molecule has 6 nitrogen and oxygen atoms in total. The number of carbonyl (C=O) groups is 1. The van der Waals surface area contributed by atoms with Crippen LogP contribution in [0.2, 0.25) is 0 Å². The second-order valence-electron chi connectivity index (χ2n) is 6.77. The summed E-state index contributed by atoms with van der Waals surface area (Å²) in [6.07, 6.45) is 0. The van der Waals surface area contributed by atoms with Crippen molar-refractivity contribution in [1.82, 2.24) is 0 Å². The molecular weight excluding hydrogens is 346 g/mol. The molecule has 3 atom stereocenters. The molecule has 2 aromatic carbocycles. The molecule has 2 aliphatic heterocycles. The number of rotatable bonds is 5. The number of hydrogen-bond donors (Lipinski definition) is 1. The first kappa shape index (κ1) is 17.7. The van der Waals surface area contributed by atoms with E-state index in [0.717, 1.165) is 34.9 Å². The van der Waals surface area contributed by atoms with Crippen molar-refractivity contribution < 1.29 is 29.1 Å². The van der Waals surface area contributed by atoms with E-state index in [-0.39, 0.29) is 30.6 Å². The molecule has 0 amide bonds. The van der Waals surface area contributed by atoms with Crippen LogP contribution in [0.1, 0.15) is 30.0 Å². The highest BCUT2D eigenvalue weighted by atomic mass is 16.7. The van der Waals surface area contributed by atoms with Gasteiger partial charge in [-0.25, -0.2) is 0 Å². The summed E-state index contributed by atoms with van der Waals surface area (Å²) in [4.78, 5) is 12.8. The second kappa shape index (κ2) is 7.48. The van der Waals surface area contributed by atoms with E-state index in [1.807, 2.05) is 49.4 Å². The number of ether oxygens (including phenoxy) is 4. The molecule has 1 saturated heterocycles. The summed E-state index contributed by atoms with van der Waals surface area (Å²) >= 11 is 0. The van der Waals surface area contributed by atoms with Crippen molar-refractivity contribution in [3.05, 3.63) is 53.6 Å². The quantitative estimate of drug-likeness (QED) is 0.816. The molecule has 4 rings (SSSR count). The van der Waals surface area contributed by atoms with Crippen LogP contribution < -0.4 is 19.5 Å². The van der Waals surface area contributed by atoms with Gasteiger partial charge in [0.05, 0.1) is 26.2 Å². The SMILES string of the molecule is CCOC(=O)[C@H]1[C@H](c2ccc3c(c2)OCO3)C[NH2+][C@H]1c1ccc(OC)cc1. The van der Waals surface area contributed by atoms with Crippen LogP contribution in [0.25, 0.3) is 0 Å². The molecule has 0 saturated carbocycles. The zero-order valence-electron chi connectivity index (χ0n) is 15.5. The first-order chi connectivity index (χ1) is 13.2. The maximum Gasteiger partial charge on any atom is 0.316 e. The number of fused-ring (bicyclic) bond motifs is 1. The van der Waals surface area contributed by atoms with Gasteiger partial charge in [-0.1, -0.05) is 6.07 Å². The summed E-state index contributed by atoms with van der Waals surface area (Å²) in [5.74, 6) is 1.92. The summed E-state index contributed by atoms with van der Waals surface area (Å²) in [5.41, 5.74) is 2.17. The molecule has 0 spiro atoms. The van der Waals surface area contributed by atoms with Crippen LogP contribution in [0.15, 0.2) is 42.5 Å². The average molecular weight is 370 g/mol. The minimum absolute atomic E-state index is 0.00498. The first-order valence-electron chi connectivity index (χ1n) is 9.24. The van der Waals surface area contributed by atoms with Crippen molar-refractivity contribution in [2.45, 2.75) is 18.9 Å². The van der Waals surface area contributed by atoms with Gasteiger partial charge in [0.25, 0.3) is 0 Å². The topological polar surface area (TPSA) is 70.6 Å². The van der Waals surface area contributed by atoms with Gasteiger partial charge in [0.15, 0.2) is 11.5 Å². The van der Waals surface area contributed by atoms with E-state index in [0.29, 0.717) is 6.61 Å². The van der Waals surface area contributed by atoms with E-state index < -0.39 is 0 Å². The van der Waals surface area contributed by atoms with Crippen LogP contribution in [0.4, 0.5) is 0 Å². The Hall–Kier alpha value is -2.73. The highest BCUT2D eigenvalue weighted by molar-refractivity contribution is 5.75. The molecule has 27 heavy (non-hydrogen) atoms. The van der Waals surface area contributed by atoms with E-state index >= 15 is 0 Å². The summed E-state index contributed by atoms with van der Waals surface area (Å²) in [6, 6.07) is 13.8. The van der Waals surface area contributed by atoms with Gasteiger partial charge < -0.3 is 24.3 Å². The van der Waals surface area contributed by atoms with Crippen LogP contribution in [0.5, 0.6) is 17.2 Å². The highest BCUT2D eigenvalue weighted by Crippen LogP contribution is 2.41. The predicted octanol–water partition coefficient (Wildman–Crippen LogP) is 2.01. The molecule has 6 heteroatoms. The van der Waals surface area contributed by atoms with E-state index in [1.165, 1.54) is 0 Å². The third-order valence-corrected chi connectivity index (χ3v) is 5.35. The molecule has 0 unspecified atom stereocenters. The van der Waals surface area contributed by atoms with Crippen LogP contribution in [-0.4, -0.2) is 33.0 Å². The van der Waals surface area contributed by atoms with Crippen molar-refractivity contribution in [3.63, 3.8) is 0 Å². The maximum absolute atomic E-state index is 12.8. The van der Waals surface area contributed by atoms with E-state index in [9.17, 15) is 4.79 Å². The number of carbonyl (C=O) groups excluding carboxylic acids is 1. The molecule has 2 heterocycles. The average Bonchev–Trinajstić information content (AvgIpc) is 3.34. The highest BCUT2D eigenvalue weighted by Gasteiger charge is 2.47. The lowest BCUT2D eigenvalue weighted by molar-refractivity contribution is -0.679. The zero-order valence-corrected chi connectivity index (χ0v) is 15.5. The van der Waals surface area contributed by atoms with Gasteiger partial charge in [0.1, 0.15) is 17.7 Å². The summed E-state index contributed by atoms with van der Waals surface area (Å²) in [5, 5.41) is 2.22. The van der Waals surface area contributed by atoms with E-state index in [4.69, 9.17) is 18.9 Å². The van der Waals surface area contributed by atoms with Crippen molar-refractivity contribution >= 4 is 5.97 Å². The monoisotopic (exact) mass is 370 g/mol. The number of benzene rings is 2. The Morgan fingerprint density at radius 3 is 2.59 bits per heavy atom. The zero-order chi connectivity index (χ0) is 18.8. The maximum atomic E-state index is 12.8.